The standard InChI is InChI=1S/C10H21NO2/c1-10(13-3)4-6-11(7-5-10)8-9-12-2/h4-9H2,1-3H3. The molecule has 1 saturated heterocycles. The number of piperidine rings is 1. The second kappa shape index (κ2) is 4.94. The summed E-state index contributed by atoms with van der Waals surface area (Å²) in [5, 5.41) is 0. The Labute approximate surface area is 81.0 Å². The molecule has 1 rings (SSSR count). The van der Waals surface area contributed by atoms with Crippen molar-refractivity contribution in [1.29, 1.82) is 0 Å². The van der Waals surface area contributed by atoms with Gasteiger partial charge < -0.3 is 14.4 Å². The van der Waals surface area contributed by atoms with Crippen LogP contribution in [0.3, 0.4) is 0 Å². The van der Waals surface area contributed by atoms with Gasteiger partial charge >= 0.3 is 0 Å². The Morgan fingerprint density at radius 2 is 1.85 bits per heavy atom. The summed E-state index contributed by atoms with van der Waals surface area (Å²) in [6.45, 7) is 6.35. The number of rotatable bonds is 4. The van der Waals surface area contributed by atoms with Gasteiger partial charge in [0.1, 0.15) is 0 Å². The Morgan fingerprint density at radius 3 is 2.31 bits per heavy atom. The SMILES string of the molecule is COCCN1CCC(C)(OC)CC1. The first-order chi connectivity index (χ1) is 6.20. The minimum absolute atomic E-state index is 0.115. The van der Waals surface area contributed by atoms with Crippen molar-refractivity contribution in [1.82, 2.24) is 4.90 Å². The van der Waals surface area contributed by atoms with Crippen LogP contribution in [0.25, 0.3) is 0 Å². The first kappa shape index (κ1) is 11.0. The molecule has 0 saturated carbocycles. The van der Waals surface area contributed by atoms with E-state index in [1.54, 1.807) is 7.11 Å². The number of methoxy groups -OCH3 is 2. The van der Waals surface area contributed by atoms with Crippen molar-refractivity contribution in [3.63, 3.8) is 0 Å². The van der Waals surface area contributed by atoms with Gasteiger partial charge in [-0.1, -0.05) is 0 Å². The van der Waals surface area contributed by atoms with Crippen molar-refractivity contribution < 1.29 is 9.47 Å². The summed E-state index contributed by atoms with van der Waals surface area (Å²) in [4.78, 5) is 2.43. The average molecular weight is 187 g/mol. The monoisotopic (exact) mass is 187 g/mol. The molecule has 0 atom stereocenters. The van der Waals surface area contributed by atoms with Crippen LogP contribution < -0.4 is 0 Å². The summed E-state index contributed by atoms with van der Waals surface area (Å²) < 4.78 is 10.5. The Balaban J connectivity index is 2.22. The van der Waals surface area contributed by atoms with Crippen LogP contribution in [0.4, 0.5) is 0 Å². The molecule has 0 unspecified atom stereocenters. The lowest BCUT2D eigenvalue weighted by molar-refractivity contribution is -0.0452. The second-order valence-electron chi connectivity index (χ2n) is 3.99. The maximum atomic E-state index is 5.47. The fourth-order valence-corrected chi connectivity index (χ4v) is 1.67. The lowest BCUT2D eigenvalue weighted by atomic mass is 9.93. The largest absolute Gasteiger partial charge is 0.383 e. The zero-order valence-electron chi connectivity index (χ0n) is 9.01. The van der Waals surface area contributed by atoms with Crippen LogP contribution in [0.1, 0.15) is 19.8 Å². The highest BCUT2D eigenvalue weighted by Gasteiger charge is 2.29. The van der Waals surface area contributed by atoms with Crippen molar-refractivity contribution >= 4 is 0 Å². The van der Waals surface area contributed by atoms with Gasteiger partial charge in [-0.25, -0.2) is 0 Å². The van der Waals surface area contributed by atoms with Gasteiger partial charge in [0.15, 0.2) is 0 Å². The third kappa shape index (κ3) is 3.25. The highest BCUT2D eigenvalue weighted by Crippen LogP contribution is 2.24. The van der Waals surface area contributed by atoms with Crippen molar-refractivity contribution in [2.75, 3.05) is 40.5 Å². The van der Waals surface area contributed by atoms with Gasteiger partial charge in [0.05, 0.1) is 12.2 Å². The zero-order chi connectivity index (χ0) is 9.73. The second-order valence-corrected chi connectivity index (χ2v) is 3.99. The number of likely N-dealkylation sites (tertiary alicyclic amines) is 1. The minimum atomic E-state index is 0.115. The van der Waals surface area contributed by atoms with Crippen molar-refractivity contribution in [3.05, 3.63) is 0 Å². The predicted octanol–water partition coefficient (Wildman–Crippen LogP) is 1.13. The topological polar surface area (TPSA) is 21.7 Å². The van der Waals surface area contributed by atoms with Crippen molar-refractivity contribution in [2.24, 2.45) is 0 Å². The summed E-state index contributed by atoms with van der Waals surface area (Å²) in [5.74, 6) is 0. The molecule has 1 heterocycles. The third-order valence-corrected chi connectivity index (χ3v) is 3.02. The Bertz CT molecular complexity index is 142. The molecule has 0 aromatic rings. The van der Waals surface area contributed by atoms with Crippen molar-refractivity contribution in [3.8, 4) is 0 Å². The minimum Gasteiger partial charge on any atom is -0.383 e. The van der Waals surface area contributed by atoms with E-state index in [0.717, 1.165) is 39.1 Å². The van der Waals surface area contributed by atoms with Gasteiger partial charge in [-0.2, -0.15) is 0 Å². The highest BCUT2D eigenvalue weighted by molar-refractivity contribution is 4.82. The number of hydrogen-bond acceptors (Lipinski definition) is 3. The molecule has 1 fully saturated rings. The van der Waals surface area contributed by atoms with Gasteiger partial charge in [-0.15, -0.1) is 0 Å². The number of hydrogen-bond donors (Lipinski definition) is 0. The van der Waals surface area contributed by atoms with E-state index >= 15 is 0 Å². The first-order valence-electron chi connectivity index (χ1n) is 4.97. The molecular weight excluding hydrogens is 166 g/mol. The highest BCUT2D eigenvalue weighted by atomic mass is 16.5. The molecule has 78 valence electrons. The fourth-order valence-electron chi connectivity index (χ4n) is 1.67. The van der Waals surface area contributed by atoms with E-state index in [9.17, 15) is 0 Å². The molecule has 13 heavy (non-hydrogen) atoms. The summed E-state index contributed by atoms with van der Waals surface area (Å²) in [6.07, 6.45) is 2.26. The smallest absolute Gasteiger partial charge is 0.0675 e. The molecule has 0 spiro atoms. The van der Waals surface area contributed by atoms with E-state index in [0.29, 0.717) is 0 Å². The molecule has 0 N–H and O–H groups in total. The molecule has 0 radical (unpaired) electrons. The van der Waals surface area contributed by atoms with Gasteiger partial charge in [0.25, 0.3) is 0 Å². The zero-order valence-corrected chi connectivity index (χ0v) is 9.01. The molecular formula is C10H21NO2. The number of nitrogens with zero attached hydrogens (tertiary/aromatic N) is 1. The van der Waals surface area contributed by atoms with Crippen LogP contribution >= 0.6 is 0 Å². The van der Waals surface area contributed by atoms with Crippen LogP contribution in [0, 0.1) is 0 Å². The molecule has 0 bridgehead atoms. The molecule has 0 aromatic carbocycles. The van der Waals surface area contributed by atoms with E-state index in [1.165, 1.54) is 0 Å². The molecule has 0 amide bonds. The molecule has 1 aliphatic heterocycles. The quantitative estimate of drug-likeness (QED) is 0.658. The van der Waals surface area contributed by atoms with Crippen LogP contribution in [0.15, 0.2) is 0 Å². The molecule has 0 aliphatic carbocycles. The van der Waals surface area contributed by atoms with Crippen LogP contribution in [0.5, 0.6) is 0 Å². The average Bonchev–Trinajstić information content (AvgIpc) is 2.17. The first-order valence-corrected chi connectivity index (χ1v) is 4.97. The third-order valence-electron chi connectivity index (χ3n) is 3.02. The summed E-state index contributed by atoms with van der Waals surface area (Å²) >= 11 is 0. The van der Waals surface area contributed by atoms with Gasteiger partial charge in [0.2, 0.25) is 0 Å². The Morgan fingerprint density at radius 1 is 1.23 bits per heavy atom. The Kier molecular flexibility index (Phi) is 4.16. The Hall–Kier alpha value is -0.120. The van der Waals surface area contributed by atoms with Crippen LogP contribution in [0.2, 0.25) is 0 Å². The number of ether oxygens (including phenoxy) is 2. The predicted molar refractivity (Wildman–Crippen MR) is 53.0 cm³/mol. The molecule has 1 aliphatic rings. The van der Waals surface area contributed by atoms with Gasteiger partial charge in [-0.3, -0.25) is 0 Å². The van der Waals surface area contributed by atoms with E-state index < -0.39 is 0 Å². The van der Waals surface area contributed by atoms with E-state index in [-0.39, 0.29) is 5.60 Å². The van der Waals surface area contributed by atoms with E-state index in [1.807, 2.05) is 7.11 Å². The summed E-state index contributed by atoms with van der Waals surface area (Å²) in [6, 6.07) is 0. The fraction of sp³-hybridized carbons (Fsp3) is 1.00. The lowest BCUT2D eigenvalue weighted by Crippen LogP contribution is -2.44. The maximum absolute atomic E-state index is 5.47. The van der Waals surface area contributed by atoms with Crippen LogP contribution in [-0.2, 0) is 9.47 Å². The van der Waals surface area contributed by atoms with E-state index in [2.05, 4.69) is 11.8 Å². The normalized spacial score (nSPS) is 23.3. The van der Waals surface area contributed by atoms with Gasteiger partial charge in [-0.05, 0) is 19.8 Å². The van der Waals surface area contributed by atoms with Crippen molar-refractivity contribution in [2.45, 2.75) is 25.4 Å². The molecule has 3 nitrogen and oxygen atoms in total. The van der Waals surface area contributed by atoms with Crippen LogP contribution in [-0.4, -0.2) is 51.0 Å². The molecule has 3 heteroatoms. The van der Waals surface area contributed by atoms with Gasteiger partial charge in [0, 0.05) is 33.9 Å². The molecule has 0 aromatic heterocycles. The lowest BCUT2D eigenvalue weighted by Gasteiger charge is -2.38. The summed E-state index contributed by atoms with van der Waals surface area (Å²) in [7, 11) is 3.56. The van der Waals surface area contributed by atoms with E-state index in [4.69, 9.17) is 9.47 Å². The summed E-state index contributed by atoms with van der Waals surface area (Å²) in [5.41, 5.74) is 0.115. The maximum Gasteiger partial charge on any atom is 0.0675 e.